The van der Waals surface area contributed by atoms with Crippen LogP contribution >= 0.6 is 23.2 Å². The highest BCUT2D eigenvalue weighted by atomic mass is 35.5. The van der Waals surface area contributed by atoms with Crippen molar-refractivity contribution in [2.24, 2.45) is 0 Å². The lowest BCUT2D eigenvalue weighted by Gasteiger charge is -2.05. The van der Waals surface area contributed by atoms with Crippen LogP contribution in [0.2, 0.25) is 10.0 Å². The standard InChI is InChI=1S/C13H13Cl2NO2/c14-10-2-1-9(13(15)5-10)6-16-7-11-3-4-12(8-17)18-11/h1-5,16-17H,6-8H2. The minimum absolute atomic E-state index is 0.0803. The molecule has 0 saturated heterocycles. The maximum Gasteiger partial charge on any atom is 0.129 e. The van der Waals surface area contributed by atoms with E-state index >= 15 is 0 Å². The van der Waals surface area contributed by atoms with Crippen LogP contribution in [0, 0.1) is 0 Å². The van der Waals surface area contributed by atoms with Gasteiger partial charge in [-0.2, -0.15) is 0 Å². The van der Waals surface area contributed by atoms with Gasteiger partial charge in [0, 0.05) is 16.6 Å². The zero-order chi connectivity index (χ0) is 13.0. The summed E-state index contributed by atoms with van der Waals surface area (Å²) < 4.78 is 5.35. The average Bonchev–Trinajstić information content (AvgIpc) is 2.80. The molecule has 0 bridgehead atoms. The molecule has 18 heavy (non-hydrogen) atoms. The maximum atomic E-state index is 8.87. The molecule has 0 aliphatic heterocycles. The summed E-state index contributed by atoms with van der Waals surface area (Å²) in [6.07, 6.45) is 0. The van der Waals surface area contributed by atoms with E-state index in [1.165, 1.54) is 0 Å². The molecule has 2 N–H and O–H groups in total. The van der Waals surface area contributed by atoms with Crippen LogP contribution in [-0.4, -0.2) is 5.11 Å². The quantitative estimate of drug-likeness (QED) is 0.885. The lowest BCUT2D eigenvalue weighted by atomic mass is 10.2. The van der Waals surface area contributed by atoms with E-state index in [2.05, 4.69) is 5.32 Å². The maximum absolute atomic E-state index is 8.87. The Labute approximate surface area is 115 Å². The lowest BCUT2D eigenvalue weighted by Crippen LogP contribution is -2.12. The number of nitrogens with one attached hydrogen (secondary N) is 1. The summed E-state index contributed by atoms with van der Waals surface area (Å²) in [5.41, 5.74) is 0.981. The molecule has 0 atom stereocenters. The summed E-state index contributed by atoms with van der Waals surface area (Å²) in [7, 11) is 0. The summed E-state index contributed by atoms with van der Waals surface area (Å²) in [5.74, 6) is 1.35. The largest absolute Gasteiger partial charge is 0.462 e. The van der Waals surface area contributed by atoms with Gasteiger partial charge in [-0.15, -0.1) is 0 Å². The molecule has 0 fully saturated rings. The Bertz CT molecular complexity index is 525. The molecular weight excluding hydrogens is 273 g/mol. The number of halogens is 2. The molecule has 1 aromatic heterocycles. The van der Waals surface area contributed by atoms with Crippen LogP contribution in [0.4, 0.5) is 0 Å². The Morgan fingerprint density at radius 2 is 1.83 bits per heavy atom. The average molecular weight is 286 g/mol. The first kappa shape index (κ1) is 13.4. The molecular formula is C13H13Cl2NO2. The third-order valence-corrected chi connectivity index (χ3v) is 3.09. The van der Waals surface area contributed by atoms with Crippen molar-refractivity contribution in [3.63, 3.8) is 0 Å². The van der Waals surface area contributed by atoms with Crippen molar-refractivity contribution < 1.29 is 9.52 Å². The van der Waals surface area contributed by atoms with E-state index in [1.54, 1.807) is 18.2 Å². The third-order valence-electron chi connectivity index (χ3n) is 2.50. The number of rotatable bonds is 5. The second-order valence-corrected chi connectivity index (χ2v) is 4.71. The Morgan fingerprint density at radius 1 is 1.06 bits per heavy atom. The summed E-state index contributed by atoms with van der Waals surface area (Å²) in [5, 5.41) is 13.4. The number of benzene rings is 1. The van der Waals surface area contributed by atoms with Gasteiger partial charge in [0.2, 0.25) is 0 Å². The molecule has 0 spiro atoms. The Hall–Kier alpha value is -1.00. The summed E-state index contributed by atoms with van der Waals surface area (Å²) >= 11 is 11.9. The second kappa shape index (κ2) is 6.25. The highest BCUT2D eigenvalue weighted by molar-refractivity contribution is 6.35. The van der Waals surface area contributed by atoms with Crippen LogP contribution in [0.25, 0.3) is 0 Å². The molecule has 0 aliphatic carbocycles. The van der Waals surface area contributed by atoms with E-state index in [9.17, 15) is 0 Å². The first-order valence-electron chi connectivity index (χ1n) is 5.52. The lowest BCUT2D eigenvalue weighted by molar-refractivity contribution is 0.242. The Kier molecular flexibility index (Phi) is 4.66. The van der Waals surface area contributed by atoms with Crippen LogP contribution < -0.4 is 5.32 Å². The van der Waals surface area contributed by atoms with Crippen LogP contribution in [0.15, 0.2) is 34.7 Å². The molecule has 0 aliphatic rings. The van der Waals surface area contributed by atoms with E-state index in [0.717, 1.165) is 11.3 Å². The Morgan fingerprint density at radius 3 is 2.50 bits per heavy atom. The van der Waals surface area contributed by atoms with Gasteiger partial charge in [0.05, 0.1) is 6.54 Å². The number of aliphatic hydroxyl groups is 1. The van der Waals surface area contributed by atoms with E-state index in [-0.39, 0.29) is 6.61 Å². The van der Waals surface area contributed by atoms with E-state index in [1.807, 2.05) is 12.1 Å². The first-order chi connectivity index (χ1) is 8.69. The van der Waals surface area contributed by atoms with Crippen molar-refractivity contribution >= 4 is 23.2 Å². The van der Waals surface area contributed by atoms with Crippen LogP contribution in [0.5, 0.6) is 0 Å². The summed E-state index contributed by atoms with van der Waals surface area (Å²) in [6, 6.07) is 9.01. The minimum atomic E-state index is -0.0803. The van der Waals surface area contributed by atoms with Crippen molar-refractivity contribution in [1.82, 2.24) is 5.32 Å². The molecule has 96 valence electrons. The van der Waals surface area contributed by atoms with Gasteiger partial charge in [-0.25, -0.2) is 0 Å². The second-order valence-electron chi connectivity index (χ2n) is 3.87. The molecule has 2 rings (SSSR count). The molecule has 1 aromatic carbocycles. The van der Waals surface area contributed by atoms with Crippen molar-refractivity contribution in [3.05, 3.63) is 57.5 Å². The van der Waals surface area contributed by atoms with Gasteiger partial charge in [-0.1, -0.05) is 29.3 Å². The fraction of sp³-hybridized carbons (Fsp3) is 0.231. The normalized spacial score (nSPS) is 10.8. The summed E-state index contributed by atoms with van der Waals surface area (Å²) in [4.78, 5) is 0. The smallest absolute Gasteiger partial charge is 0.129 e. The SMILES string of the molecule is OCc1ccc(CNCc2ccc(Cl)cc2Cl)o1. The summed E-state index contributed by atoms with van der Waals surface area (Å²) in [6.45, 7) is 1.13. The number of aliphatic hydroxyl groups excluding tert-OH is 1. The van der Waals surface area contributed by atoms with E-state index in [4.69, 9.17) is 32.7 Å². The minimum Gasteiger partial charge on any atom is -0.462 e. The van der Waals surface area contributed by atoms with Crippen molar-refractivity contribution in [2.45, 2.75) is 19.7 Å². The molecule has 1 heterocycles. The van der Waals surface area contributed by atoms with Gasteiger partial charge in [-0.3, -0.25) is 0 Å². The third kappa shape index (κ3) is 3.50. The van der Waals surface area contributed by atoms with E-state index < -0.39 is 0 Å². The topological polar surface area (TPSA) is 45.4 Å². The van der Waals surface area contributed by atoms with Gasteiger partial charge in [0.1, 0.15) is 18.1 Å². The van der Waals surface area contributed by atoms with Crippen molar-refractivity contribution in [2.75, 3.05) is 0 Å². The van der Waals surface area contributed by atoms with Crippen LogP contribution in [-0.2, 0) is 19.7 Å². The zero-order valence-electron chi connectivity index (χ0n) is 9.62. The van der Waals surface area contributed by atoms with Crippen LogP contribution in [0.3, 0.4) is 0 Å². The number of furan rings is 1. The molecule has 0 amide bonds. The molecule has 3 nitrogen and oxygen atoms in total. The molecule has 0 unspecified atom stereocenters. The molecule has 0 radical (unpaired) electrons. The van der Waals surface area contributed by atoms with Crippen LogP contribution in [0.1, 0.15) is 17.1 Å². The van der Waals surface area contributed by atoms with Crippen molar-refractivity contribution in [1.29, 1.82) is 0 Å². The fourth-order valence-electron chi connectivity index (χ4n) is 1.59. The predicted molar refractivity (Wildman–Crippen MR) is 71.6 cm³/mol. The fourth-order valence-corrected chi connectivity index (χ4v) is 2.06. The number of hydrogen-bond acceptors (Lipinski definition) is 3. The van der Waals surface area contributed by atoms with Gasteiger partial charge in [-0.05, 0) is 29.8 Å². The van der Waals surface area contributed by atoms with Gasteiger partial charge in [0.25, 0.3) is 0 Å². The highest BCUT2D eigenvalue weighted by Crippen LogP contribution is 2.20. The Balaban J connectivity index is 1.88. The van der Waals surface area contributed by atoms with Crippen molar-refractivity contribution in [3.8, 4) is 0 Å². The predicted octanol–water partition coefficient (Wildman–Crippen LogP) is 3.37. The highest BCUT2D eigenvalue weighted by Gasteiger charge is 2.03. The van der Waals surface area contributed by atoms with Gasteiger partial charge >= 0.3 is 0 Å². The zero-order valence-corrected chi connectivity index (χ0v) is 11.1. The van der Waals surface area contributed by atoms with Gasteiger partial charge < -0.3 is 14.8 Å². The first-order valence-corrected chi connectivity index (χ1v) is 6.27. The molecule has 0 saturated carbocycles. The molecule has 5 heteroatoms. The number of hydrogen-bond donors (Lipinski definition) is 2. The monoisotopic (exact) mass is 285 g/mol. The van der Waals surface area contributed by atoms with Gasteiger partial charge in [0.15, 0.2) is 0 Å². The molecule has 2 aromatic rings. The van der Waals surface area contributed by atoms with E-state index in [0.29, 0.717) is 28.9 Å².